The number of carbonyl (C=O) groups excluding carboxylic acids is 1. The van der Waals surface area contributed by atoms with Crippen molar-refractivity contribution in [2.45, 2.75) is 20.8 Å². The van der Waals surface area contributed by atoms with E-state index >= 15 is 0 Å². The SMILES string of the molecule is CCN1CCN(c2nc(C)cc(C(=O)Nc3ccc(C)c(Cl)c3)n2)CC1. The maximum atomic E-state index is 12.6. The van der Waals surface area contributed by atoms with Gasteiger partial charge in [-0.25, -0.2) is 9.97 Å². The zero-order valence-electron chi connectivity index (χ0n) is 15.4. The van der Waals surface area contributed by atoms with Crippen LogP contribution in [-0.4, -0.2) is 53.5 Å². The predicted octanol–water partition coefficient (Wildman–Crippen LogP) is 3.14. The highest BCUT2D eigenvalue weighted by Gasteiger charge is 2.20. The van der Waals surface area contributed by atoms with Crippen LogP contribution in [0.5, 0.6) is 0 Å². The number of halogens is 1. The van der Waals surface area contributed by atoms with Gasteiger partial charge in [-0.05, 0) is 44.2 Å². The number of piperazine rings is 1. The molecular weight excluding hydrogens is 350 g/mol. The molecule has 0 radical (unpaired) electrons. The second-order valence-corrected chi connectivity index (χ2v) is 6.94. The summed E-state index contributed by atoms with van der Waals surface area (Å²) < 4.78 is 0. The number of hydrogen-bond donors (Lipinski definition) is 1. The van der Waals surface area contributed by atoms with Gasteiger partial charge in [-0.1, -0.05) is 24.6 Å². The maximum absolute atomic E-state index is 12.6. The smallest absolute Gasteiger partial charge is 0.274 e. The van der Waals surface area contributed by atoms with Crippen molar-refractivity contribution in [3.63, 3.8) is 0 Å². The number of aromatic nitrogens is 2. The number of hydrogen-bond acceptors (Lipinski definition) is 5. The quantitative estimate of drug-likeness (QED) is 0.892. The van der Waals surface area contributed by atoms with Gasteiger partial charge in [0.05, 0.1) is 0 Å². The Morgan fingerprint density at radius 1 is 1.15 bits per heavy atom. The Labute approximate surface area is 159 Å². The molecule has 1 N–H and O–H groups in total. The molecule has 1 saturated heterocycles. The first-order valence-corrected chi connectivity index (χ1v) is 9.24. The van der Waals surface area contributed by atoms with Crippen molar-refractivity contribution in [2.75, 3.05) is 42.9 Å². The number of carbonyl (C=O) groups is 1. The molecule has 0 atom stereocenters. The fourth-order valence-electron chi connectivity index (χ4n) is 2.94. The summed E-state index contributed by atoms with van der Waals surface area (Å²) in [5.74, 6) is 0.358. The van der Waals surface area contributed by atoms with Gasteiger partial charge in [-0.15, -0.1) is 0 Å². The topological polar surface area (TPSA) is 61.4 Å². The first kappa shape index (κ1) is 18.6. The van der Waals surface area contributed by atoms with Gasteiger partial charge < -0.3 is 15.1 Å². The molecule has 1 aliphatic heterocycles. The average Bonchev–Trinajstić information content (AvgIpc) is 2.64. The van der Waals surface area contributed by atoms with E-state index in [2.05, 4.69) is 32.0 Å². The Morgan fingerprint density at radius 3 is 2.54 bits per heavy atom. The Hall–Kier alpha value is -2.18. The molecule has 7 heteroatoms. The van der Waals surface area contributed by atoms with Gasteiger partial charge >= 0.3 is 0 Å². The summed E-state index contributed by atoms with van der Waals surface area (Å²) in [6, 6.07) is 7.16. The monoisotopic (exact) mass is 373 g/mol. The fourth-order valence-corrected chi connectivity index (χ4v) is 3.12. The molecule has 0 bridgehead atoms. The van der Waals surface area contributed by atoms with Crippen LogP contribution in [0.3, 0.4) is 0 Å². The highest BCUT2D eigenvalue weighted by atomic mass is 35.5. The van der Waals surface area contributed by atoms with E-state index in [9.17, 15) is 4.79 Å². The maximum Gasteiger partial charge on any atom is 0.274 e. The lowest BCUT2D eigenvalue weighted by Crippen LogP contribution is -2.47. The first-order valence-electron chi connectivity index (χ1n) is 8.86. The number of nitrogens with one attached hydrogen (secondary N) is 1. The standard InChI is InChI=1S/C19H24ClN5O/c1-4-24-7-9-25(10-8-24)19-21-14(3)11-17(23-19)18(26)22-15-6-5-13(2)16(20)12-15/h5-6,11-12H,4,7-10H2,1-3H3,(H,22,26). The number of nitrogens with zero attached hydrogens (tertiary/aromatic N) is 4. The van der Waals surface area contributed by atoms with E-state index in [1.54, 1.807) is 12.1 Å². The summed E-state index contributed by atoms with van der Waals surface area (Å²) in [4.78, 5) is 26.2. The molecule has 0 unspecified atom stereocenters. The Balaban J connectivity index is 1.76. The van der Waals surface area contributed by atoms with E-state index in [0.29, 0.717) is 22.4 Å². The van der Waals surface area contributed by atoms with E-state index in [4.69, 9.17) is 11.6 Å². The Bertz CT molecular complexity index is 803. The van der Waals surface area contributed by atoms with Gasteiger partial charge in [0.2, 0.25) is 5.95 Å². The molecule has 1 fully saturated rings. The third kappa shape index (κ3) is 4.31. The normalized spacial score (nSPS) is 15.2. The van der Waals surface area contributed by atoms with Crippen molar-refractivity contribution in [2.24, 2.45) is 0 Å². The van der Waals surface area contributed by atoms with Crippen molar-refractivity contribution in [3.05, 3.63) is 46.2 Å². The minimum Gasteiger partial charge on any atom is -0.338 e. The second-order valence-electron chi connectivity index (χ2n) is 6.53. The van der Waals surface area contributed by atoms with Crippen LogP contribution >= 0.6 is 11.6 Å². The zero-order chi connectivity index (χ0) is 18.7. The van der Waals surface area contributed by atoms with Gasteiger partial charge in [0.1, 0.15) is 5.69 Å². The third-order valence-electron chi connectivity index (χ3n) is 4.61. The van der Waals surface area contributed by atoms with Crippen LogP contribution in [0.1, 0.15) is 28.7 Å². The van der Waals surface area contributed by atoms with Crippen molar-refractivity contribution in [1.29, 1.82) is 0 Å². The van der Waals surface area contributed by atoms with E-state index in [1.807, 2.05) is 26.0 Å². The first-order chi connectivity index (χ1) is 12.5. The lowest BCUT2D eigenvalue weighted by molar-refractivity contribution is 0.102. The van der Waals surface area contributed by atoms with Gasteiger partial charge in [-0.3, -0.25) is 4.79 Å². The van der Waals surface area contributed by atoms with Crippen LogP contribution in [0, 0.1) is 13.8 Å². The minimum absolute atomic E-state index is 0.260. The van der Waals surface area contributed by atoms with Crippen LogP contribution in [0.15, 0.2) is 24.3 Å². The molecule has 26 heavy (non-hydrogen) atoms. The molecule has 0 spiro atoms. The Morgan fingerprint density at radius 2 is 1.88 bits per heavy atom. The Kier molecular flexibility index (Phi) is 5.74. The van der Waals surface area contributed by atoms with Gasteiger partial charge in [0, 0.05) is 42.6 Å². The lowest BCUT2D eigenvalue weighted by Gasteiger charge is -2.34. The number of rotatable bonds is 4. The van der Waals surface area contributed by atoms with Crippen LogP contribution in [0.25, 0.3) is 0 Å². The largest absolute Gasteiger partial charge is 0.338 e. The minimum atomic E-state index is -0.260. The van der Waals surface area contributed by atoms with Gasteiger partial charge in [0.25, 0.3) is 5.91 Å². The van der Waals surface area contributed by atoms with Crippen molar-refractivity contribution < 1.29 is 4.79 Å². The highest BCUT2D eigenvalue weighted by Crippen LogP contribution is 2.21. The summed E-state index contributed by atoms with van der Waals surface area (Å²) in [7, 11) is 0. The molecule has 2 aromatic rings. The summed E-state index contributed by atoms with van der Waals surface area (Å²) in [5, 5.41) is 3.48. The van der Waals surface area contributed by atoms with E-state index in [0.717, 1.165) is 44.0 Å². The molecule has 138 valence electrons. The predicted molar refractivity (Wildman–Crippen MR) is 105 cm³/mol. The molecular formula is C19H24ClN5O. The summed E-state index contributed by atoms with van der Waals surface area (Å²) in [5.41, 5.74) is 2.76. The highest BCUT2D eigenvalue weighted by molar-refractivity contribution is 6.31. The van der Waals surface area contributed by atoms with E-state index in [-0.39, 0.29) is 5.91 Å². The number of anilines is 2. The average molecular weight is 374 g/mol. The fraction of sp³-hybridized carbons (Fsp3) is 0.421. The molecule has 1 amide bonds. The number of amides is 1. The van der Waals surface area contributed by atoms with Crippen molar-refractivity contribution in [1.82, 2.24) is 14.9 Å². The number of likely N-dealkylation sites (N-methyl/N-ethyl adjacent to an activating group) is 1. The molecule has 1 aromatic carbocycles. The third-order valence-corrected chi connectivity index (χ3v) is 5.01. The molecule has 3 rings (SSSR count). The van der Waals surface area contributed by atoms with Gasteiger partial charge in [-0.2, -0.15) is 0 Å². The van der Waals surface area contributed by atoms with Crippen LogP contribution < -0.4 is 10.2 Å². The zero-order valence-corrected chi connectivity index (χ0v) is 16.2. The lowest BCUT2D eigenvalue weighted by atomic mass is 10.2. The number of benzene rings is 1. The summed E-state index contributed by atoms with van der Waals surface area (Å²) >= 11 is 6.13. The van der Waals surface area contributed by atoms with Crippen LogP contribution in [0.2, 0.25) is 5.02 Å². The van der Waals surface area contributed by atoms with Crippen molar-refractivity contribution in [3.8, 4) is 0 Å². The van der Waals surface area contributed by atoms with Crippen LogP contribution in [-0.2, 0) is 0 Å². The molecule has 6 nitrogen and oxygen atoms in total. The number of aryl methyl sites for hydroxylation is 2. The molecule has 0 saturated carbocycles. The summed E-state index contributed by atoms with van der Waals surface area (Å²) in [6.45, 7) is 10.7. The second kappa shape index (κ2) is 8.01. The van der Waals surface area contributed by atoms with E-state index in [1.165, 1.54) is 0 Å². The molecule has 1 aliphatic rings. The van der Waals surface area contributed by atoms with E-state index < -0.39 is 0 Å². The molecule has 1 aromatic heterocycles. The van der Waals surface area contributed by atoms with Crippen LogP contribution in [0.4, 0.5) is 11.6 Å². The molecule has 2 heterocycles. The summed E-state index contributed by atoms with van der Waals surface area (Å²) in [6.07, 6.45) is 0. The van der Waals surface area contributed by atoms with Gasteiger partial charge in [0.15, 0.2) is 0 Å². The molecule has 0 aliphatic carbocycles. The van der Waals surface area contributed by atoms with Crippen molar-refractivity contribution >= 4 is 29.1 Å².